The topological polar surface area (TPSA) is 68.0 Å². The summed E-state index contributed by atoms with van der Waals surface area (Å²) in [7, 11) is 0. The summed E-state index contributed by atoms with van der Waals surface area (Å²) >= 11 is 5.85. The first-order valence-corrected chi connectivity index (χ1v) is 6.08. The van der Waals surface area contributed by atoms with Crippen molar-refractivity contribution in [3.8, 4) is 5.69 Å². The van der Waals surface area contributed by atoms with E-state index in [2.05, 4.69) is 10.3 Å². The standard InChI is InChI=1S/C12H9ClF3N3O2/c1-6-9(5-11(20)21)17-18-19(6)10-3-2-7(4-8(10)13)12(14,15)16/h2-4H,5H2,1H3,(H,20,21). The number of nitrogens with zero attached hydrogens (tertiary/aromatic N) is 3. The van der Waals surface area contributed by atoms with Gasteiger partial charge in [-0.15, -0.1) is 5.10 Å². The largest absolute Gasteiger partial charge is 0.481 e. The monoisotopic (exact) mass is 319 g/mol. The maximum absolute atomic E-state index is 12.6. The first-order valence-electron chi connectivity index (χ1n) is 5.70. The quantitative estimate of drug-likeness (QED) is 0.944. The maximum Gasteiger partial charge on any atom is 0.416 e. The zero-order valence-electron chi connectivity index (χ0n) is 10.6. The van der Waals surface area contributed by atoms with Gasteiger partial charge in [0.25, 0.3) is 0 Å². The van der Waals surface area contributed by atoms with Crippen LogP contribution in [-0.2, 0) is 17.4 Å². The Balaban J connectivity index is 2.44. The van der Waals surface area contributed by atoms with E-state index in [0.717, 1.165) is 18.2 Å². The Bertz CT molecular complexity index is 698. The summed E-state index contributed by atoms with van der Waals surface area (Å²) in [6, 6.07) is 2.82. The van der Waals surface area contributed by atoms with Gasteiger partial charge < -0.3 is 5.11 Å². The van der Waals surface area contributed by atoms with Crippen LogP contribution in [0, 0.1) is 6.92 Å². The van der Waals surface area contributed by atoms with E-state index in [9.17, 15) is 18.0 Å². The maximum atomic E-state index is 12.6. The minimum absolute atomic E-state index is 0.153. The van der Waals surface area contributed by atoms with Gasteiger partial charge in [0, 0.05) is 0 Å². The summed E-state index contributed by atoms with van der Waals surface area (Å²) in [6.45, 7) is 1.56. The highest BCUT2D eigenvalue weighted by atomic mass is 35.5. The highest BCUT2D eigenvalue weighted by Gasteiger charge is 2.31. The molecule has 0 atom stereocenters. The minimum atomic E-state index is -4.49. The van der Waals surface area contributed by atoms with Crippen molar-refractivity contribution in [2.45, 2.75) is 19.5 Å². The molecule has 5 nitrogen and oxygen atoms in total. The van der Waals surface area contributed by atoms with Crippen molar-refractivity contribution in [3.63, 3.8) is 0 Å². The number of hydrogen-bond acceptors (Lipinski definition) is 3. The normalized spacial score (nSPS) is 11.7. The Morgan fingerprint density at radius 2 is 2.10 bits per heavy atom. The number of carbonyl (C=O) groups is 1. The van der Waals surface area contributed by atoms with Crippen LogP contribution in [-0.4, -0.2) is 26.1 Å². The van der Waals surface area contributed by atoms with E-state index in [0.29, 0.717) is 5.69 Å². The Morgan fingerprint density at radius 3 is 2.62 bits per heavy atom. The Kier molecular flexibility index (Phi) is 3.91. The van der Waals surface area contributed by atoms with E-state index in [1.54, 1.807) is 6.92 Å². The second kappa shape index (κ2) is 5.36. The van der Waals surface area contributed by atoms with Gasteiger partial charge in [0.2, 0.25) is 0 Å². The SMILES string of the molecule is Cc1c(CC(=O)O)nnn1-c1ccc(C(F)(F)F)cc1Cl. The zero-order valence-corrected chi connectivity index (χ0v) is 11.4. The Hall–Kier alpha value is -2.09. The van der Waals surface area contributed by atoms with Crippen molar-refractivity contribution in [2.75, 3.05) is 0 Å². The molecule has 0 spiro atoms. The molecular formula is C12H9ClF3N3O2. The lowest BCUT2D eigenvalue weighted by Crippen LogP contribution is -2.07. The molecule has 0 saturated carbocycles. The molecule has 0 saturated heterocycles. The molecule has 112 valence electrons. The number of carboxylic acids is 1. The number of aromatic nitrogens is 3. The van der Waals surface area contributed by atoms with E-state index >= 15 is 0 Å². The molecule has 0 aliphatic heterocycles. The molecule has 0 amide bonds. The summed E-state index contributed by atoms with van der Waals surface area (Å²) in [5.41, 5.74) is -0.0522. The van der Waals surface area contributed by atoms with Crippen LogP contribution >= 0.6 is 11.6 Å². The fourth-order valence-corrected chi connectivity index (χ4v) is 2.01. The first kappa shape index (κ1) is 15.3. The molecule has 0 fully saturated rings. The van der Waals surface area contributed by atoms with Crippen molar-refractivity contribution in [1.29, 1.82) is 0 Å². The van der Waals surface area contributed by atoms with Crippen LogP contribution in [0.3, 0.4) is 0 Å². The van der Waals surface area contributed by atoms with E-state index in [1.165, 1.54) is 4.68 Å². The third-order valence-electron chi connectivity index (χ3n) is 2.81. The number of rotatable bonds is 3. The lowest BCUT2D eigenvalue weighted by atomic mass is 10.2. The molecule has 0 aliphatic carbocycles. The van der Waals surface area contributed by atoms with Crippen molar-refractivity contribution >= 4 is 17.6 Å². The highest BCUT2D eigenvalue weighted by Crippen LogP contribution is 2.33. The fraction of sp³-hybridized carbons (Fsp3) is 0.250. The average Bonchev–Trinajstić information content (AvgIpc) is 2.69. The number of halogens is 4. The molecular weight excluding hydrogens is 311 g/mol. The van der Waals surface area contributed by atoms with Gasteiger partial charge in [0.15, 0.2) is 0 Å². The van der Waals surface area contributed by atoms with Crippen LogP contribution in [0.1, 0.15) is 17.0 Å². The molecule has 1 N–H and O–H groups in total. The molecule has 0 aliphatic rings. The third kappa shape index (κ3) is 3.15. The number of carboxylic acid groups (broad SMARTS) is 1. The van der Waals surface area contributed by atoms with Gasteiger partial charge >= 0.3 is 12.1 Å². The number of benzene rings is 1. The molecule has 21 heavy (non-hydrogen) atoms. The molecule has 1 heterocycles. The van der Waals surface area contributed by atoms with E-state index in [4.69, 9.17) is 16.7 Å². The van der Waals surface area contributed by atoms with E-state index in [1.807, 2.05) is 0 Å². The lowest BCUT2D eigenvalue weighted by Gasteiger charge is -2.10. The molecule has 0 bridgehead atoms. The average molecular weight is 320 g/mol. The van der Waals surface area contributed by atoms with Crippen LogP contribution in [0.2, 0.25) is 5.02 Å². The molecule has 2 aromatic rings. The second-order valence-corrected chi connectivity index (χ2v) is 4.68. The van der Waals surface area contributed by atoms with Gasteiger partial charge in [0.05, 0.1) is 34.1 Å². The van der Waals surface area contributed by atoms with Crippen LogP contribution in [0.4, 0.5) is 13.2 Å². The molecule has 2 rings (SSSR count). The van der Waals surface area contributed by atoms with Crippen molar-refractivity contribution in [3.05, 3.63) is 40.2 Å². The molecule has 0 unspecified atom stereocenters. The minimum Gasteiger partial charge on any atom is -0.481 e. The molecule has 0 radical (unpaired) electrons. The Labute approximate surface area is 121 Å². The summed E-state index contributed by atoms with van der Waals surface area (Å²) in [5.74, 6) is -1.08. The molecule has 1 aromatic heterocycles. The van der Waals surface area contributed by atoms with Gasteiger partial charge in [-0.1, -0.05) is 16.8 Å². The summed E-state index contributed by atoms with van der Waals surface area (Å²) in [4.78, 5) is 10.7. The van der Waals surface area contributed by atoms with Crippen molar-refractivity contribution in [1.82, 2.24) is 15.0 Å². The summed E-state index contributed by atoms with van der Waals surface area (Å²) < 4.78 is 38.9. The fourth-order valence-electron chi connectivity index (χ4n) is 1.75. The predicted molar refractivity (Wildman–Crippen MR) is 67.4 cm³/mol. The van der Waals surface area contributed by atoms with Gasteiger partial charge in [-0.25, -0.2) is 4.68 Å². The van der Waals surface area contributed by atoms with E-state index < -0.39 is 17.7 Å². The van der Waals surface area contributed by atoms with Crippen molar-refractivity contribution in [2.24, 2.45) is 0 Å². The van der Waals surface area contributed by atoms with Crippen LogP contribution in [0.25, 0.3) is 5.69 Å². The lowest BCUT2D eigenvalue weighted by molar-refractivity contribution is -0.138. The van der Waals surface area contributed by atoms with Gasteiger partial charge in [-0.05, 0) is 25.1 Å². The van der Waals surface area contributed by atoms with E-state index in [-0.39, 0.29) is 22.8 Å². The Morgan fingerprint density at radius 1 is 1.43 bits per heavy atom. The number of aliphatic carboxylic acids is 1. The van der Waals surface area contributed by atoms with Crippen LogP contribution < -0.4 is 0 Å². The van der Waals surface area contributed by atoms with Crippen LogP contribution in [0.15, 0.2) is 18.2 Å². The molecule has 9 heteroatoms. The third-order valence-corrected chi connectivity index (χ3v) is 3.11. The summed E-state index contributed by atoms with van der Waals surface area (Å²) in [5, 5.41) is 16.0. The van der Waals surface area contributed by atoms with Gasteiger partial charge in [0.1, 0.15) is 0 Å². The highest BCUT2D eigenvalue weighted by molar-refractivity contribution is 6.32. The first-order chi connectivity index (χ1) is 9.70. The number of alkyl halides is 3. The zero-order chi connectivity index (χ0) is 15.8. The second-order valence-electron chi connectivity index (χ2n) is 4.27. The van der Waals surface area contributed by atoms with Gasteiger partial charge in [-0.2, -0.15) is 13.2 Å². The van der Waals surface area contributed by atoms with Gasteiger partial charge in [-0.3, -0.25) is 4.79 Å². The number of hydrogen-bond donors (Lipinski definition) is 1. The smallest absolute Gasteiger partial charge is 0.416 e. The predicted octanol–water partition coefficient (Wildman–Crippen LogP) is 2.88. The van der Waals surface area contributed by atoms with Crippen LogP contribution in [0.5, 0.6) is 0 Å². The van der Waals surface area contributed by atoms with Crippen molar-refractivity contribution < 1.29 is 23.1 Å². The summed E-state index contributed by atoms with van der Waals surface area (Å²) in [6.07, 6.45) is -4.82. The molecule has 1 aromatic carbocycles.